The van der Waals surface area contributed by atoms with Crippen LogP contribution in [0.1, 0.15) is 46.8 Å². The van der Waals surface area contributed by atoms with Crippen molar-refractivity contribution in [2.24, 2.45) is 0 Å². The van der Waals surface area contributed by atoms with Gasteiger partial charge in [-0.05, 0) is 77.0 Å². The van der Waals surface area contributed by atoms with Gasteiger partial charge in [0, 0.05) is 28.0 Å². The molecule has 3 rings (SSSR count). The van der Waals surface area contributed by atoms with Crippen LogP contribution in [-0.4, -0.2) is 43.5 Å². The second-order valence-corrected chi connectivity index (χ2v) is 10.5. The van der Waals surface area contributed by atoms with E-state index in [2.05, 4.69) is 33.2 Å². The molecule has 0 spiro atoms. The Hall–Kier alpha value is -4.70. The van der Waals surface area contributed by atoms with Gasteiger partial charge in [0.25, 0.3) is 5.91 Å². The van der Waals surface area contributed by atoms with E-state index in [1.807, 2.05) is 42.5 Å². The Kier molecular flexibility index (Phi) is 12.7. The number of amides is 2. The van der Waals surface area contributed by atoms with Gasteiger partial charge < -0.3 is 24.8 Å². The highest BCUT2D eigenvalue weighted by Crippen LogP contribution is 2.24. The molecular weight excluding hydrogens is 665 g/mol. The van der Waals surface area contributed by atoms with Gasteiger partial charge in [0.1, 0.15) is 24.7 Å². The van der Waals surface area contributed by atoms with E-state index in [1.54, 1.807) is 24.3 Å². The van der Waals surface area contributed by atoms with Crippen molar-refractivity contribution in [3.8, 4) is 11.8 Å². The number of carbonyl (C=O) groups is 4. The van der Waals surface area contributed by atoms with Crippen molar-refractivity contribution in [2.75, 3.05) is 13.7 Å². The number of hydrogen-bond donors (Lipinski definition) is 2. The second-order valence-electron chi connectivity index (χ2n) is 9.27. The molecule has 0 unspecified atom stereocenters. The van der Waals surface area contributed by atoms with Crippen molar-refractivity contribution < 1.29 is 33.4 Å². The topological polar surface area (TPSA) is 144 Å². The van der Waals surface area contributed by atoms with Gasteiger partial charge in [-0.15, -0.1) is 0 Å². The molecule has 0 heterocycles. The van der Waals surface area contributed by atoms with Crippen molar-refractivity contribution in [2.45, 2.75) is 32.4 Å². The van der Waals surface area contributed by atoms with Gasteiger partial charge in [0.15, 0.2) is 0 Å². The standard InChI is InChI=1S/C32H30IN3O7/c1-21(37)35-28(32(40)41-2)17-24-12-11-23(18-34)15-29(24)42-20-27(36-31(39)25-9-6-10-26(33)16-25)13-14-30(38)43-19-22-7-4-3-5-8-22/h3-12,15-17,27H,13-14,19-20H2,1-2H3,(H,35,37)(H,36,39)/t27-/m1/s1. The van der Waals surface area contributed by atoms with E-state index in [9.17, 15) is 24.4 Å². The zero-order valence-electron chi connectivity index (χ0n) is 23.6. The van der Waals surface area contributed by atoms with E-state index in [4.69, 9.17) is 14.2 Å². The minimum atomic E-state index is -0.776. The molecular formula is C32H30IN3O7. The number of carbonyl (C=O) groups excluding carboxylic acids is 4. The average Bonchev–Trinajstić information content (AvgIpc) is 3.01. The number of rotatable bonds is 13. The van der Waals surface area contributed by atoms with E-state index in [0.29, 0.717) is 11.1 Å². The quantitative estimate of drug-likeness (QED) is 0.151. The Morgan fingerprint density at radius 3 is 2.47 bits per heavy atom. The molecule has 0 aromatic heterocycles. The number of ether oxygens (including phenoxy) is 3. The molecule has 2 N–H and O–H groups in total. The van der Waals surface area contributed by atoms with Gasteiger partial charge in [0.05, 0.1) is 24.8 Å². The van der Waals surface area contributed by atoms with Gasteiger partial charge in [0.2, 0.25) is 5.91 Å². The number of hydrogen-bond acceptors (Lipinski definition) is 8. The Morgan fingerprint density at radius 1 is 1.02 bits per heavy atom. The highest BCUT2D eigenvalue weighted by atomic mass is 127. The molecule has 2 amide bonds. The van der Waals surface area contributed by atoms with Crippen LogP contribution in [0.4, 0.5) is 0 Å². The number of nitriles is 1. The molecule has 0 aliphatic rings. The molecule has 0 radical (unpaired) electrons. The molecule has 222 valence electrons. The zero-order valence-corrected chi connectivity index (χ0v) is 25.8. The van der Waals surface area contributed by atoms with Gasteiger partial charge in [-0.1, -0.05) is 36.4 Å². The van der Waals surface area contributed by atoms with E-state index in [-0.39, 0.29) is 49.0 Å². The highest BCUT2D eigenvalue weighted by Gasteiger charge is 2.19. The fourth-order valence-electron chi connectivity index (χ4n) is 3.84. The average molecular weight is 696 g/mol. The second kappa shape index (κ2) is 16.7. The van der Waals surface area contributed by atoms with Gasteiger partial charge in [-0.2, -0.15) is 5.26 Å². The highest BCUT2D eigenvalue weighted by molar-refractivity contribution is 14.1. The molecule has 1 atom stereocenters. The third kappa shape index (κ3) is 10.9. The van der Waals surface area contributed by atoms with Crippen LogP contribution < -0.4 is 15.4 Å². The summed E-state index contributed by atoms with van der Waals surface area (Å²) >= 11 is 2.11. The van der Waals surface area contributed by atoms with Crippen LogP contribution in [0.2, 0.25) is 0 Å². The summed E-state index contributed by atoms with van der Waals surface area (Å²) in [7, 11) is 1.18. The van der Waals surface area contributed by atoms with E-state index < -0.39 is 23.9 Å². The molecule has 0 fully saturated rings. The molecule has 0 aliphatic carbocycles. The first kappa shape index (κ1) is 32.8. The lowest BCUT2D eigenvalue weighted by molar-refractivity contribution is -0.145. The molecule has 3 aromatic carbocycles. The van der Waals surface area contributed by atoms with Crippen LogP contribution in [0.3, 0.4) is 0 Å². The summed E-state index contributed by atoms with van der Waals surface area (Å²) in [6.07, 6.45) is 1.57. The Morgan fingerprint density at radius 2 is 1.79 bits per heavy atom. The molecule has 3 aromatic rings. The predicted octanol–water partition coefficient (Wildman–Crippen LogP) is 4.51. The van der Waals surface area contributed by atoms with Crippen molar-refractivity contribution in [1.29, 1.82) is 5.26 Å². The van der Waals surface area contributed by atoms with E-state index >= 15 is 0 Å². The first-order chi connectivity index (χ1) is 20.7. The molecule has 10 nitrogen and oxygen atoms in total. The first-order valence-electron chi connectivity index (χ1n) is 13.2. The lowest BCUT2D eigenvalue weighted by Crippen LogP contribution is -2.39. The summed E-state index contributed by atoms with van der Waals surface area (Å²) < 4.78 is 17.1. The summed E-state index contributed by atoms with van der Waals surface area (Å²) in [6, 6.07) is 22.3. The van der Waals surface area contributed by atoms with Crippen LogP contribution in [0.15, 0.2) is 78.5 Å². The minimum absolute atomic E-state index is 0.00742. The van der Waals surface area contributed by atoms with Crippen LogP contribution in [0.5, 0.6) is 5.75 Å². The monoisotopic (exact) mass is 695 g/mol. The molecule has 11 heteroatoms. The van der Waals surface area contributed by atoms with E-state index in [0.717, 1.165) is 9.13 Å². The third-order valence-electron chi connectivity index (χ3n) is 5.96. The van der Waals surface area contributed by atoms with Crippen molar-refractivity contribution in [1.82, 2.24) is 10.6 Å². The van der Waals surface area contributed by atoms with Gasteiger partial charge in [-0.25, -0.2) is 4.79 Å². The first-order valence-corrected chi connectivity index (χ1v) is 14.3. The fourth-order valence-corrected chi connectivity index (χ4v) is 4.38. The molecule has 0 aliphatic heterocycles. The summed E-state index contributed by atoms with van der Waals surface area (Å²) in [5.41, 5.74) is 1.82. The van der Waals surface area contributed by atoms with Crippen molar-refractivity contribution in [3.63, 3.8) is 0 Å². The lowest BCUT2D eigenvalue weighted by Gasteiger charge is -2.20. The minimum Gasteiger partial charge on any atom is -0.491 e. The number of nitrogens with one attached hydrogen (secondary N) is 2. The maximum absolute atomic E-state index is 13.1. The Bertz CT molecular complexity index is 1530. The Labute approximate surface area is 263 Å². The SMILES string of the molecule is COC(=O)C(=Cc1ccc(C#N)cc1OC[C@@H](CCC(=O)OCc1ccccc1)NC(=O)c1cccc(I)c1)NC(C)=O. The molecule has 0 saturated carbocycles. The summed E-state index contributed by atoms with van der Waals surface area (Å²) in [6.45, 7) is 1.30. The fraction of sp³-hybridized carbons (Fsp3) is 0.219. The lowest BCUT2D eigenvalue weighted by atomic mass is 10.1. The third-order valence-corrected chi connectivity index (χ3v) is 6.63. The number of methoxy groups -OCH3 is 1. The smallest absolute Gasteiger partial charge is 0.354 e. The molecule has 0 saturated heterocycles. The van der Waals surface area contributed by atoms with Crippen LogP contribution in [0, 0.1) is 14.9 Å². The summed E-state index contributed by atoms with van der Waals surface area (Å²) in [4.78, 5) is 49.5. The van der Waals surface area contributed by atoms with Crippen LogP contribution >= 0.6 is 22.6 Å². The van der Waals surface area contributed by atoms with Crippen LogP contribution in [-0.2, 0) is 30.5 Å². The zero-order chi connectivity index (χ0) is 31.2. The summed E-state index contributed by atoms with van der Waals surface area (Å²) in [5, 5.41) is 14.8. The summed E-state index contributed by atoms with van der Waals surface area (Å²) in [5.74, 6) is -1.84. The van der Waals surface area contributed by atoms with Crippen LogP contribution in [0.25, 0.3) is 6.08 Å². The number of halogens is 1. The number of esters is 2. The predicted molar refractivity (Wildman–Crippen MR) is 166 cm³/mol. The largest absolute Gasteiger partial charge is 0.491 e. The molecule has 0 bridgehead atoms. The van der Waals surface area contributed by atoms with Gasteiger partial charge >= 0.3 is 11.9 Å². The maximum atomic E-state index is 13.1. The number of nitrogens with zero attached hydrogens (tertiary/aromatic N) is 1. The van der Waals surface area contributed by atoms with Crippen molar-refractivity contribution in [3.05, 3.63) is 104 Å². The van der Waals surface area contributed by atoms with Gasteiger partial charge in [-0.3, -0.25) is 14.4 Å². The van der Waals surface area contributed by atoms with E-state index in [1.165, 1.54) is 32.2 Å². The van der Waals surface area contributed by atoms with Crippen molar-refractivity contribution >= 4 is 52.4 Å². The molecule has 43 heavy (non-hydrogen) atoms. The Balaban J connectivity index is 1.81. The normalized spacial score (nSPS) is 11.4. The maximum Gasteiger partial charge on any atom is 0.354 e. The number of benzene rings is 3.